The summed E-state index contributed by atoms with van der Waals surface area (Å²) in [7, 11) is 1.65. The van der Waals surface area contributed by atoms with Crippen molar-refractivity contribution >= 4 is 0 Å². The van der Waals surface area contributed by atoms with Crippen molar-refractivity contribution in [2.45, 2.75) is 20.1 Å². The van der Waals surface area contributed by atoms with Gasteiger partial charge >= 0.3 is 0 Å². The SMILES string of the molecule is COc1cccc(COc2cc(C)ncc2CN)c1. The fourth-order valence-corrected chi connectivity index (χ4v) is 1.77. The third-order valence-electron chi connectivity index (χ3n) is 2.83. The molecule has 2 N–H and O–H groups in total. The van der Waals surface area contributed by atoms with E-state index in [0.29, 0.717) is 13.2 Å². The molecule has 0 saturated heterocycles. The topological polar surface area (TPSA) is 57.4 Å². The van der Waals surface area contributed by atoms with E-state index in [2.05, 4.69) is 4.98 Å². The number of aryl methyl sites for hydroxylation is 1. The van der Waals surface area contributed by atoms with Crippen LogP contribution in [0.2, 0.25) is 0 Å². The standard InChI is InChI=1S/C15H18N2O2/c1-11-6-15(13(8-16)9-17-11)19-10-12-4-3-5-14(7-12)18-2/h3-7,9H,8,10,16H2,1-2H3. The van der Waals surface area contributed by atoms with Crippen molar-refractivity contribution in [3.63, 3.8) is 0 Å². The van der Waals surface area contributed by atoms with Gasteiger partial charge in [0.25, 0.3) is 0 Å². The Bertz CT molecular complexity index is 556. The molecule has 0 bridgehead atoms. The molecule has 2 rings (SSSR count). The maximum Gasteiger partial charge on any atom is 0.127 e. The van der Waals surface area contributed by atoms with Gasteiger partial charge in [-0.05, 0) is 24.6 Å². The Balaban J connectivity index is 2.11. The summed E-state index contributed by atoms with van der Waals surface area (Å²) >= 11 is 0. The van der Waals surface area contributed by atoms with E-state index in [0.717, 1.165) is 28.3 Å². The van der Waals surface area contributed by atoms with E-state index in [9.17, 15) is 0 Å². The molecule has 0 aliphatic heterocycles. The molecule has 4 nitrogen and oxygen atoms in total. The highest BCUT2D eigenvalue weighted by Crippen LogP contribution is 2.20. The first-order valence-electron chi connectivity index (χ1n) is 6.14. The van der Waals surface area contributed by atoms with Gasteiger partial charge in [0, 0.05) is 30.1 Å². The molecular weight excluding hydrogens is 240 g/mol. The lowest BCUT2D eigenvalue weighted by Gasteiger charge is -2.11. The normalized spacial score (nSPS) is 10.3. The van der Waals surface area contributed by atoms with Crippen molar-refractivity contribution in [2.24, 2.45) is 5.73 Å². The minimum Gasteiger partial charge on any atom is -0.497 e. The van der Waals surface area contributed by atoms with E-state index < -0.39 is 0 Å². The number of hydrogen-bond donors (Lipinski definition) is 1. The van der Waals surface area contributed by atoms with Crippen molar-refractivity contribution in [3.05, 3.63) is 53.3 Å². The molecule has 1 aromatic heterocycles. The van der Waals surface area contributed by atoms with Crippen molar-refractivity contribution in [1.82, 2.24) is 4.98 Å². The molecule has 0 spiro atoms. The minimum absolute atomic E-state index is 0.417. The predicted molar refractivity (Wildman–Crippen MR) is 74.2 cm³/mol. The third-order valence-corrected chi connectivity index (χ3v) is 2.83. The van der Waals surface area contributed by atoms with Crippen molar-refractivity contribution in [3.8, 4) is 11.5 Å². The van der Waals surface area contributed by atoms with Gasteiger partial charge in [0.1, 0.15) is 18.1 Å². The smallest absolute Gasteiger partial charge is 0.127 e. The molecule has 2 aromatic rings. The van der Waals surface area contributed by atoms with Gasteiger partial charge in [-0.1, -0.05) is 12.1 Å². The number of pyridine rings is 1. The maximum absolute atomic E-state index is 5.82. The molecule has 1 aromatic carbocycles. The largest absolute Gasteiger partial charge is 0.497 e. The molecule has 19 heavy (non-hydrogen) atoms. The van der Waals surface area contributed by atoms with Gasteiger partial charge in [0.15, 0.2) is 0 Å². The Morgan fingerprint density at radius 2 is 2.11 bits per heavy atom. The molecule has 1 heterocycles. The van der Waals surface area contributed by atoms with E-state index in [1.165, 1.54) is 0 Å². The number of aromatic nitrogens is 1. The van der Waals surface area contributed by atoms with Gasteiger partial charge in [0.2, 0.25) is 0 Å². The quantitative estimate of drug-likeness (QED) is 0.895. The lowest BCUT2D eigenvalue weighted by Crippen LogP contribution is -2.04. The van der Waals surface area contributed by atoms with Crippen LogP contribution in [0.3, 0.4) is 0 Å². The zero-order valence-corrected chi connectivity index (χ0v) is 11.2. The van der Waals surface area contributed by atoms with E-state index >= 15 is 0 Å². The molecule has 0 aliphatic carbocycles. The molecule has 0 fully saturated rings. The van der Waals surface area contributed by atoms with Crippen molar-refractivity contribution < 1.29 is 9.47 Å². The average molecular weight is 258 g/mol. The molecule has 0 atom stereocenters. The Labute approximate surface area is 113 Å². The van der Waals surface area contributed by atoms with E-state index in [-0.39, 0.29) is 0 Å². The number of rotatable bonds is 5. The number of ether oxygens (including phenoxy) is 2. The maximum atomic E-state index is 5.82. The lowest BCUT2D eigenvalue weighted by molar-refractivity contribution is 0.301. The lowest BCUT2D eigenvalue weighted by atomic mass is 10.2. The summed E-state index contributed by atoms with van der Waals surface area (Å²) in [5.74, 6) is 1.61. The molecule has 0 radical (unpaired) electrons. The van der Waals surface area contributed by atoms with Crippen molar-refractivity contribution in [2.75, 3.05) is 7.11 Å². The summed E-state index contributed by atoms with van der Waals surface area (Å²) < 4.78 is 11.0. The number of hydrogen-bond acceptors (Lipinski definition) is 4. The minimum atomic E-state index is 0.417. The molecule has 0 aliphatic rings. The van der Waals surface area contributed by atoms with Gasteiger partial charge < -0.3 is 15.2 Å². The summed E-state index contributed by atoms with van der Waals surface area (Å²) in [6, 6.07) is 9.71. The van der Waals surface area contributed by atoms with Crippen LogP contribution in [0.25, 0.3) is 0 Å². The van der Waals surface area contributed by atoms with Gasteiger partial charge in [-0.15, -0.1) is 0 Å². The van der Waals surface area contributed by atoms with E-state index in [1.54, 1.807) is 13.3 Å². The number of nitrogens with two attached hydrogens (primary N) is 1. The van der Waals surface area contributed by atoms with Crippen LogP contribution in [0.15, 0.2) is 36.5 Å². The van der Waals surface area contributed by atoms with E-state index in [4.69, 9.17) is 15.2 Å². The number of methoxy groups -OCH3 is 1. The molecule has 4 heteroatoms. The predicted octanol–water partition coefficient (Wildman–Crippen LogP) is 2.44. The van der Waals surface area contributed by atoms with E-state index in [1.807, 2.05) is 37.3 Å². The van der Waals surface area contributed by atoms with Crippen LogP contribution < -0.4 is 15.2 Å². The molecule has 0 saturated carbocycles. The summed E-state index contributed by atoms with van der Waals surface area (Å²) in [6.45, 7) is 2.83. The molecule has 0 amide bonds. The highest BCUT2D eigenvalue weighted by atomic mass is 16.5. The second kappa shape index (κ2) is 6.20. The van der Waals surface area contributed by atoms with Crippen LogP contribution >= 0.6 is 0 Å². The second-order valence-electron chi connectivity index (χ2n) is 4.28. The average Bonchev–Trinajstić information content (AvgIpc) is 2.45. The summed E-state index contributed by atoms with van der Waals surface area (Å²) in [5.41, 5.74) is 8.55. The van der Waals surface area contributed by atoms with Crippen LogP contribution in [-0.4, -0.2) is 12.1 Å². The summed E-state index contributed by atoms with van der Waals surface area (Å²) in [4.78, 5) is 4.21. The van der Waals surface area contributed by atoms with Gasteiger partial charge in [-0.25, -0.2) is 0 Å². The fraction of sp³-hybridized carbons (Fsp3) is 0.267. The summed E-state index contributed by atoms with van der Waals surface area (Å²) in [5, 5.41) is 0. The second-order valence-corrected chi connectivity index (χ2v) is 4.28. The first kappa shape index (κ1) is 13.4. The third kappa shape index (κ3) is 3.45. The Morgan fingerprint density at radius 1 is 1.26 bits per heavy atom. The highest BCUT2D eigenvalue weighted by Gasteiger charge is 2.04. The molecular formula is C15H18N2O2. The van der Waals surface area contributed by atoms with Gasteiger partial charge in [-0.3, -0.25) is 4.98 Å². The number of nitrogens with zero attached hydrogens (tertiary/aromatic N) is 1. The Hall–Kier alpha value is -2.07. The van der Waals surface area contributed by atoms with Gasteiger partial charge in [-0.2, -0.15) is 0 Å². The zero-order valence-electron chi connectivity index (χ0n) is 11.2. The first-order chi connectivity index (χ1) is 9.22. The molecule has 0 unspecified atom stereocenters. The van der Waals surface area contributed by atoms with Crippen LogP contribution in [0.5, 0.6) is 11.5 Å². The summed E-state index contributed by atoms with van der Waals surface area (Å²) in [6.07, 6.45) is 1.76. The van der Waals surface area contributed by atoms with Crippen molar-refractivity contribution in [1.29, 1.82) is 0 Å². The Kier molecular flexibility index (Phi) is 4.36. The monoisotopic (exact) mass is 258 g/mol. The first-order valence-corrected chi connectivity index (χ1v) is 6.14. The fourth-order valence-electron chi connectivity index (χ4n) is 1.77. The zero-order chi connectivity index (χ0) is 13.7. The van der Waals surface area contributed by atoms with Gasteiger partial charge in [0.05, 0.1) is 7.11 Å². The number of benzene rings is 1. The van der Waals surface area contributed by atoms with Crippen LogP contribution in [0.1, 0.15) is 16.8 Å². The van der Waals surface area contributed by atoms with Crippen LogP contribution in [-0.2, 0) is 13.2 Å². The molecule has 100 valence electrons. The highest BCUT2D eigenvalue weighted by molar-refractivity contribution is 5.33. The van der Waals surface area contributed by atoms with Crippen LogP contribution in [0.4, 0.5) is 0 Å². The Morgan fingerprint density at radius 3 is 2.84 bits per heavy atom. The van der Waals surface area contributed by atoms with Crippen LogP contribution in [0, 0.1) is 6.92 Å².